The first-order valence-electron chi connectivity index (χ1n) is 5.32. The molecule has 2 aromatic carbocycles. The minimum atomic E-state index is 0.206. The van der Waals surface area contributed by atoms with Crippen LogP contribution in [-0.4, -0.2) is 11.7 Å². The molecule has 0 bridgehead atoms. The van der Waals surface area contributed by atoms with Crippen molar-refractivity contribution in [3.63, 3.8) is 0 Å². The zero-order valence-corrected chi connectivity index (χ0v) is 9.20. The number of aryl methyl sites for hydroxylation is 1. The smallest absolute Gasteiger partial charge is 0.0497 e. The summed E-state index contributed by atoms with van der Waals surface area (Å²) in [6, 6.07) is 12.8. The van der Waals surface area contributed by atoms with Gasteiger partial charge in [0.05, 0.1) is 0 Å². The van der Waals surface area contributed by atoms with Gasteiger partial charge in [-0.2, -0.15) is 0 Å². The zero-order chi connectivity index (χ0) is 10.8. The molecule has 0 saturated carbocycles. The SMILES string of the molecule is Cc1ccc2cc(C(C)CO)ccc2c1. The minimum absolute atomic E-state index is 0.206. The average Bonchev–Trinajstić information content (AvgIpc) is 2.27. The second kappa shape index (κ2) is 4.03. The van der Waals surface area contributed by atoms with E-state index in [0.717, 1.165) is 0 Å². The molecule has 0 radical (unpaired) electrons. The van der Waals surface area contributed by atoms with E-state index in [0.29, 0.717) is 0 Å². The van der Waals surface area contributed by atoms with E-state index in [2.05, 4.69) is 43.3 Å². The van der Waals surface area contributed by atoms with Crippen molar-refractivity contribution in [2.45, 2.75) is 19.8 Å². The van der Waals surface area contributed by atoms with Crippen molar-refractivity contribution in [2.75, 3.05) is 6.61 Å². The van der Waals surface area contributed by atoms with E-state index in [1.807, 2.05) is 6.92 Å². The second-order valence-electron chi connectivity index (χ2n) is 4.19. The summed E-state index contributed by atoms with van der Waals surface area (Å²) in [7, 11) is 0. The van der Waals surface area contributed by atoms with Gasteiger partial charge in [-0.05, 0) is 23.3 Å². The Morgan fingerprint density at radius 2 is 1.73 bits per heavy atom. The number of hydrogen-bond acceptors (Lipinski definition) is 1. The summed E-state index contributed by atoms with van der Waals surface area (Å²) in [5, 5.41) is 11.6. The lowest BCUT2D eigenvalue weighted by molar-refractivity contribution is 0.273. The Morgan fingerprint density at radius 1 is 1.07 bits per heavy atom. The van der Waals surface area contributed by atoms with E-state index in [4.69, 9.17) is 5.11 Å². The highest BCUT2D eigenvalue weighted by molar-refractivity contribution is 5.83. The van der Waals surface area contributed by atoms with Crippen molar-refractivity contribution in [3.8, 4) is 0 Å². The Labute approximate surface area is 90.4 Å². The molecule has 15 heavy (non-hydrogen) atoms. The van der Waals surface area contributed by atoms with Crippen LogP contribution in [0.5, 0.6) is 0 Å². The molecule has 1 unspecified atom stereocenters. The predicted molar refractivity (Wildman–Crippen MR) is 64.2 cm³/mol. The Bertz CT molecular complexity index is 474. The van der Waals surface area contributed by atoms with E-state index in [-0.39, 0.29) is 12.5 Å². The van der Waals surface area contributed by atoms with Crippen molar-refractivity contribution in [3.05, 3.63) is 47.5 Å². The maximum Gasteiger partial charge on any atom is 0.0497 e. The first kappa shape index (κ1) is 10.2. The van der Waals surface area contributed by atoms with E-state index in [1.165, 1.54) is 21.9 Å². The van der Waals surface area contributed by atoms with Gasteiger partial charge in [-0.25, -0.2) is 0 Å². The fraction of sp³-hybridized carbons (Fsp3) is 0.286. The largest absolute Gasteiger partial charge is 0.396 e. The van der Waals surface area contributed by atoms with Crippen LogP contribution in [0.1, 0.15) is 24.0 Å². The molecule has 0 aliphatic carbocycles. The molecule has 2 aromatic rings. The number of aliphatic hydroxyl groups is 1. The first-order valence-corrected chi connectivity index (χ1v) is 5.32. The van der Waals surface area contributed by atoms with Gasteiger partial charge in [0.1, 0.15) is 0 Å². The third-order valence-corrected chi connectivity index (χ3v) is 2.86. The van der Waals surface area contributed by atoms with Crippen molar-refractivity contribution >= 4 is 10.8 Å². The van der Waals surface area contributed by atoms with Crippen LogP contribution >= 0.6 is 0 Å². The highest BCUT2D eigenvalue weighted by Gasteiger charge is 2.04. The fourth-order valence-corrected chi connectivity index (χ4v) is 1.80. The quantitative estimate of drug-likeness (QED) is 0.789. The van der Waals surface area contributed by atoms with Gasteiger partial charge in [0.2, 0.25) is 0 Å². The van der Waals surface area contributed by atoms with E-state index < -0.39 is 0 Å². The number of aliphatic hydroxyl groups excluding tert-OH is 1. The van der Waals surface area contributed by atoms with Crippen LogP contribution in [0.15, 0.2) is 36.4 Å². The lowest BCUT2D eigenvalue weighted by Gasteiger charge is -2.09. The molecule has 1 atom stereocenters. The molecular formula is C14H16O. The summed E-state index contributed by atoms with van der Waals surface area (Å²) in [4.78, 5) is 0. The number of rotatable bonds is 2. The maximum atomic E-state index is 9.10. The van der Waals surface area contributed by atoms with Crippen LogP contribution in [0.3, 0.4) is 0 Å². The zero-order valence-electron chi connectivity index (χ0n) is 9.20. The molecule has 1 N–H and O–H groups in total. The second-order valence-corrected chi connectivity index (χ2v) is 4.19. The first-order chi connectivity index (χ1) is 7.20. The lowest BCUT2D eigenvalue weighted by atomic mass is 9.98. The molecule has 0 aromatic heterocycles. The van der Waals surface area contributed by atoms with Gasteiger partial charge >= 0.3 is 0 Å². The van der Waals surface area contributed by atoms with Gasteiger partial charge in [0.15, 0.2) is 0 Å². The van der Waals surface area contributed by atoms with E-state index in [1.54, 1.807) is 0 Å². The normalized spacial score (nSPS) is 13.0. The molecule has 0 spiro atoms. The van der Waals surface area contributed by atoms with Gasteiger partial charge < -0.3 is 5.11 Å². The topological polar surface area (TPSA) is 20.2 Å². The van der Waals surface area contributed by atoms with E-state index in [9.17, 15) is 0 Å². The molecule has 0 aliphatic rings. The molecule has 2 rings (SSSR count). The number of hydrogen-bond donors (Lipinski definition) is 1. The summed E-state index contributed by atoms with van der Waals surface area (Å²) in [5.41, 5.74) is 2.49. The van der Waals surface area contributed by atoms with Crippen molar-refractivity contribution in [2.24, 2.45) is 0 Å². The summed E-state index contributed by atoms with van der Waals surface area (Å²) in [5.74, 6) is 0.218. The molecule has 0 fully saturated rings. The Kier molecular flexibility index (Phi) is 2.74. The summed E-state index contributed by atoms with van der Waals surface area (Å²) in [6.07, 6.45) is 0. The monoisotopic (exact) mass is 200 g/mol. The molecule has 0 heterocycles. The molecule has 78 valence electrons. The van der Waals surface area contributed by atoms with Crippen LogP contribution < -0.4 is 0 Å². The molecule has 0 saturated heterocycles. The summed E-state index contributed by atoms with van der Waals surface area (Å²) < 4.78 is 0. The highest BCUT2D eigenvalue weighted by atomic mass is 16.3. The standard InChI is InChI=1S/C14H16O/c1-10-3-4-14-8-12(11(2)9-15)5-6-13(14)7-10/h3-8,11,15H,9H2,1-2H3. The van der Waals surface area contributed by atoms with Crippen LogP contribution in [0.25, 0.3) is 10.8 Å². The summed E-state index contributed by atoms with van der Waals surface area (Å²) >= 11 is 0. The van der Waals surface area contributed by atoms with Crippen molar-refractivity contribution < 1.29 is 5.11 Å². The van der Waals surface area contributed by atoms with Crippen LogP contribution in [-0.2, 0) is 0 Å². The fourth-order valence-electron chi connectivity index (χ4n) is 1.80. The lowest BCUT2D eigenvalue weighted by Crippen LogP contribution is -1.98. The van der Waals surface area contributed by atoms with Gasteiger partial charge in [0, 0.05) is 12.5 Å². The third kappa shape index (κ3) is 2.02. The van der Waals surface area contributed by atoms with Crippen molar-refractivity contribution in [1.82, 2.24) is 0 Å². The van der Waals surface area contributed by atoms with Crippen molar-refractivity contribution in [1.29, 1.82) is 0 Å². The van der Waals surface area contributed by atoms with Gasteiger partial charge in [0.25, 0.3) is 0 Å². The van der Waals surface area contributed by atoms with E-state index >= 15 is 0 Å². The number of benzene rings is 2. The molecule has 0 amide bonds. The van der Waals surface area contributed by atoms with Crippen LogP contribution in [0, 0.1) is 6.92 Å². The molecular weight excluding hydrogens is 184 g/mol. The van der Waals surface area contributed by atoms with Crippen LogP contribution in [0.2, 0.25) is 0 Å². The Balaban J connectivity index is 2.52. The predicted octanol–water partition coefficient (Wildman–Crippen LogP) is 3.24. The number of fused-ring (bicyclic) bond motifs is 1. The van der Waals surface area contributed by atoms with Gasteiger partial charge in [-0.3, -0.25) is 0 Å². The van der Waals surface area contributed by atoms with Crippen LogP contribution in [0.4, 0.5) is 0 Å². The highest BCUT2D eigenvalue weighted by Crippen LogP contribution is 2.22. The molecule has 1 heteroatoms. The minimum Gasteiger partial charge on any atom is -0.396 e. The summed E-state index contributed by atoms with van der Waals surface area (Å²) in [6.45, 7) is 4.34. The van der Waals surface area contributed by atoms with Gasteiger partial charge in [-0.1, -0.05) is 48.9 Å². The third-order valence-electron chi connectivity index (χ3n) is 2.86. The Morgan fingerprint density at radius 3 is 2.47 bits per heavy atom. The molecule has 1 nitrogen and oxygen atoms in total. The van der Waals surface area contributed by atoms with Gasteiger partial charge in [-0.15, -0.1) is 0 Å². The molecule has 0 aliphatic heterocycles. The Hall–Kier alpha value is -1.34. The maximum absolute atomic E-state index is 9.10. The average molecular weight is 200 g/mol.